The molecule has 0 bridgehead atoms. The lowest BCUT2D eigenvalue weighted by Gasteiger charge is -2.37. The van der Waals surface area contributed by atoms with Gasteiger partial charge in [0.25, 0.3) is 5.91 Å². The number of hydrogen-bond donors (Lipinski definition) is 1. The van der Waals surface area contributed by atoms with Crippen molar-refractivity contribution in [3.63, 3.8) is 0 Å². The number of rotatable bonds is 1. The number of aromatic amines is 1. The molecule has 1 N–H and O–H groups in total. The third kappa shape index (κ3) is 2.24. The van der Waals surface area contributed by atoms with E-state index in [9.17, 15) is 4.79 Å². The molecule has 1 aliphatic heterocycles. The third-order valence-corrected chi connectivity index (χ3v) is 4.07. The summed E-state index contributed by atoms with van der Waals surface area (Å²) in [5.74, 6) is 1.11. The number of carbonyl (C=O) groups is 1. The van der Waals surface area contributed by atoms with Crippen LogP contribution in [0.1, 0.15) is 29.9 Å². The standard InChI is InChI=1S/C11H17N3OS/c1-8-9(6-12-13-8)10(15)14-4-5-16-11(2,3)7-14/h6H,4-5,7H2,1-3H3,(H,12,13). The Balaban J connectivity index is 2.14. The quantitative estimate of drug-likeness (QED) is 0.811. The van der Waals surface area contributed by atoms with Crippen molar-refractivity contribution in [2.45, 2.75) is 25.5 Å². The molecular weight excluding hydrogens is 222 g/mol. The molecule has 1 saturated heterocycles. The molecule has 1 aromatic rings. The van der Waals surface area contributed by atoms with E-state index < -0.39 is 0 Å². The van der Waals surface area contributed by atoms with Gasteiger partial charge < -0.3 is 4.90 Å². The lowest BCUT2D eigenvalue weighted by molar-refractivity contribution is 0.0747. The Morgan fingerprint density at radius 1 is 1.62 bits per heavy atom. The van der Waals surface area contributed by atoms with Crippen molar-refractivity contribution in [1.82, 2.24) is 15.1 Å². The predicted molar refractivity (Wildman–Crippen MR) is 65.8 cm³/mol. The van der Waals surface area contributed by atoms with Gasteiger partial charge in [0.05, 0.1) is 11.8 Å². The lowest BCUT2D eigenvalue weighted by Crippen LogP contribution is -2.46. The molecule has 1 fully saturated rings. The van der Waals surface area contributed by atoms with E-state index in [-0.39, 0.29) is 10.7 Å². The fourth-order valence-electron chi connectivity index (χ4n) is 1.93. The summed E-state index contributed by atoms with van der Waals surface area (Å²) < 4.78 is 0.158. The van der Waals surface area contributed by atoms with Crippen molar-refractivity contribution in [3.8, 4) is 0 Å². The molecule has 2 rings (SSSR count). The fourth-order valence-corrected chi connectivity index (χ4v) is 3.04. The molecule has 5 heteroatoms. The van der Waals surface area contributed by atoms with Gasteiger partial charge in [-0.3, -0.25) is 9.89 Å². The molecule has 4 nitrogen and oxygen atoms in total. The molecule has 0 radical (unpaired) electrons. The molecule has 88 valence electrons. The van der Waals surface area contributed by atoms with Crippen LogP contribution >= 0.6 is 11.8 Å². The minimum absolute atomic E-state index is 0.0969. The Kier molecular flexibility index (Phi) is 2.97. The first-order valence-electron chi connectivity index (χ1n) is 5.43. The fraction of sp³-hybridized carbons (Fsp3) is 0.636. The number of H-pyrrole nitrogens is 1. The van der Waals surface area contributed by atoms with Crippen LogP contribution in [0.5, 0.6) is 0 Å². The van der Waals surface area contributed by atoms with Crippen molar-refractivity contribution in [1.29, 1.82) is 0 Å². The van der Waals surface area contributed by atoms with Gasteiger partial charge in [-0.1, -0.05) is 0 Å². The maximum absolute atomic E-state index is 12.2. The highest BCUT2D eigenvalue weighted by molar-refractivity contribution is 8.00. The normalized spacial score (nSPS) is 19.8. The van der Waals surface area contributed by atoms with E-state index >= 15 is 0 Å². The Morgan fingerprint density at radius 3 is 2.94 bits per heavy atom. The minimum Gasteiger partial charge on any atom is -0.336 e. The van der Waals surface area contributed by atoms with Crippen LogP contribution in [0.3, 0.4) is 0 Å². The van der Waals surface area contributed by atoms with Gasteiger partial charge in [-0.15, -0.1) is 0 Å². The van der Waals surface area contributed by atoms with Gasteiger partial charge in [0, 0.05) is 29.3 Å². The highest BCUT2D eigenvalue weighted by atomic mass is 32.2. The summed E-state index contributed by atoms with van der Waals surface area (Å²) in [6.45, 7) is 7.88. The Labute approximate surface area is 99.8 Å². The van der Waals surface area contributed by atoms with E-state index in [1.165, 1.54) is 0 Å². The van der Waals surface area contributed by atoms with E-state index in [1.807, 2.05) is 23.6 Å². The van der Waals surface area contributed by atoms with E-state index in [2.05, 4.69) is 24.0 Å². The molecular formula is C11H17N3OS. The van der Waals surface area contributed by atoms with Gasteiger partial charge in [0.2, 0.25) is 0 Å². The third-order valence-electron chi connectivity index (χ3n) is 2.77. The zero-order chi connectivity index (χ0) is 11.8. The van der Waals surface area contributed by atoms with Crippen molar-refractivity contribution in [2.24, 2.45) is 0 Å². The van der Waals surface area contributed by atoms with Crippen LogP contribution in [0.25, 0.3) is 0 Å². The second kappa shape index (κ2) is 4.13. The van der Waals surface area contributed by atoms with E-state index in [4.69, 9.17) is 0 Å². The summed E-state index contributed by atoms with van der Waals surface area (Å²) in [5, 5.41) is 6.70. The number of carbonyl (C=O) groups excluding carboxylic acids is 1. The second-order valence-corrected chi connectivity index (χ2v) is 6.55. The average molecular weight is 239 g/mol. The molecule has 0 spiro atoms. The Hall–Kier alpha value is -0.970. The maximum atomic E-state index is 12.2. The molecule has 0 aromatic carbocycles. The van der Waals surface area contributed by atoms with Gasteiger partial charge in [0.15, 0.2) is 0 Å². The van der Waals surface area contributed by atoms with Crippen molar-refractivity contribution in [2.75, 3.05) is 18.8 Å². The molecule has 0 unspecified atom stereocenters. The van der Waals surface area contributed by atoms with Gasteiger partial charge in [0.1, 0.15) is 0 Å². The largest absolute Gasteiger partial charge is 0.336 e. The first kappa shape index (κ1) is 11.5. The molecule has 0 atom stereocenters. The monoisotopic (exact) mass is 239 g/mol. The number of aryl methyl sites for hydroxylation is 1. The average Bonchev–Trinajstić information content (AvgIpc) is 2.62. The minimum atomic E-state index is 0.0969. The summed E-state index contributed by atoms with van der Waals surface area (Å²) in [7, 11) is 0. The number of aromatic nitrogens is 2. The highest BCUT2D eigenvalue weighted by Crippen LogP contribution is 2.30. The van der Waals surface area contributed by atoms with Crippen molar-refractivity contribution >= 4 is 17.7 Å². The number of hydrogen-bond acceptors (Lipinski definition) is 3. The van der Waals surface area contributed by atoms with E-state index in [0.717, 1.165) is 24.5 Å². The molecule has 2 heterocycles. The van der Waals surface area contributed by atoms with Crippen LogP contribution in [0.15, 0.2) is 6.20 Å². The summed E-state index contributed by atoms with van der Waals surface area (Å²) >= 11 is 1.93. The van der Waals surface area contributed by atoms with E-state index in [0.29, 0.717) is 5.56 Å². The second-order valence-electron chi connectivity index (χ2n) is 4.74. The van der Waals surface area contributed by atoms with Crippen molar-refractivity contribution < 1.29 is 4.79 Å². The first-order chi connectivity index (χ1) is 7.49. The van der Waals surface area contributed by atoms with Crippen LogP contribution in [0.4, 0.5) is 0 Å². The summed E-state index contributed by atoms with van der Waals surface area (Å²) in [5.41, 5.74) is 1.55. The SMILES string of the molecule is Cc1[nH]ncc1C(=O)N1CCSC(C)(C)C1. The lowest BCUT2D eigenvalue weighted by atomic mass is 10.1. The molecule has 0 saturated carbocycles. The molecule has 1 aliphatic rings. The molecule has 1 amide bonds. The van der Waals surface area contributed by atoms with Gasteiger partial charge >= 0.3 is 0 Å². The summed E-state index contributed by atoms with van der Waals surface area (Å²) in [6.07, 6.45) is 1.62. The molecule has 0 aliphatic carbocycles. The number of amides is 1. The highest BCUT2D eigenvalue weighted by Gasteiger charge is 2.30. The smallest absolute Gasteiger partial charge is 0.257 e. The number of nitrogens with one attached hydrogen (secondary N) is 1. The van der Waals surface area contributed by atoms with Crippen LogP contribution in [-0.2, 0) is 0 Å². The topological polar surface area (TPSA) is 49.0 Å². The zero-order valence-corrected chi connectivity index (χ0v) is 10.7. The zero-order valence-electron chi connectivity index (χ0n) is 9.91. The first-order valence-corrected chi connectivity index (χ1v) is 6.41. The van der Waals surface area contributed by atoms with E-state index in [1.54, 1.807) is 6.20 Å². The van der Waals surface area contributed by atoms with Crippen LogP contribution < -0.4 is 0 Å². The predicted octanol–water partition coefficient (Wildman–Crippen LogP) is 1.69. The molecule has 16 heavy (non-hydrogen) atoms. The van der Waals surface area contributed by atoms with Gasteiger partial charge in [-0.05, 0) is 20.8 Å². The van der Waals surface area contributed by atoms with Crippen LogP contribution in [0, 0.1) is 6.92 Å². The number of thioether (sulfide) groups is 1. The Bertz CT molecular complexity index is 400. The maximum Gasteiger partial charge on any atom is 0.257 e. The Morgan fingerprint density at radius 2 is 2.38 bits per heavy atom. The van der Waals surface area contributed by atoms with Crippen LogP contribution in [-0.4, -0.2) is 44.6 Å². The molecule has 1 aromatic heterocycles. The van der Waals surface area contributed by atoms with Gasteiger partial charge in [-0.25, -0.2) is 0 Å². The van der Waals surface area contributed by atoms with Crippen molar-refractivity contribution in [3.05, 3.63) is 17.5 Å². The summed E-state index contributed by atoms with van der Waals surface area (Å²) in [6, 6.07) is 0. The summed E-state index contributed by atoms with van der Waals surface area (Å²) in [4.78, 5) is 14.2. The van der Waals surface area contributed by atoms with Crippen LogP contribution in [0.2, 0.25) is 0 Å². The van der Waals surface area contributed by atoms with Gasteiger partial charge in [-0.2, -0.15) is 16.9 Å². The number of nitrogens with zero attached hydrogens (tertiary/aromatic N) is 2.